The van der Waals surface area contributed by atoms with E-state index in [1.807, 2.05) is 18.2 Å². The first-order valence-electron chi connectivity index (χ1n) is 7.31. The van der Waals surface area contributed by atoms with E-state index in [2.05, 4.69) is 0 Å². The van der Waals surface area contributed by atoms with Crippen LogP contribution in [0.1, 0.15) is 23.7 Å². The van der Waals surface area contributed by atoms with Gasteiger partial charge < -0.3 is 19.3 Å². The lowest BCUT2D eigenvalue weighted by Gasteiger charge is -2.16. The minimum atomic E-state index is -0.565. The molecule has 1 N–H and O–H groups in total. The highest BCUT2D eigenvalue weighted by molar-refractivity contribution is 6.30. The van der Waals surface area contributed by atoms with Gasteiger partial charge in [0.25, 0.3) is 0 Å². The highest BCUT2D eigenvalue weighted by Crippen LogP contribution is 2.36. The van der Waals surface area contributed by atoms with Crippen LogP contribution < -0.4 is 14.2 Å². The standard InChI is InChI=1S/C18H21ClO4/c1-21-16-11-18(23-3)17(22-2)10-13(16)6-9-15(20)12-4-7-14(19)8-5-12/h4-5,7-8,10-11,15,20H,6,9H2,1-3H3. The number of hydrogen-bond acceptors (Lipinski definition) is 4. The van der Waals surface area contributed by atoms with Crippen LogP contribution in [0.3, 0.4) is 0 Å². The summed E-state index contributed by atoms with van der Waals surface area (Å²) < 4.78 is 16.0. The topological polar surface area (TPSA) is 47.9 Å². The van der Waals surface area contributed by atoms with Gasteiger partial charge in [0, 0.05) is 11.1 Å². The predicted octanol–water partition coefficient (Wildman–Crippen LogP) is 4.03. The Morgan fingerprint density at radius 1 is 0.913 bits per heavy atom. The molecule has 0 aliphatic rings. The number of aliphatic hydroxyl groups is 1. The fraction of sp³-hybridized carbons (Fsp3) is 0.333. The van der Waals surface area contributed by atoms with Gasteiger partial charge in [-0.05, 0) is 42.2 Å². The number of benzene rings is 2. The van der Waals surface area contributed by atoms with E-state index in [9.17, 15) is 5.11 Å². The monoisotopic (exact) mass is 336 g/mol. The lowest BCUT2D eigenvalue weighted by Crippen LogP contribution is -2.02. The van der Waals surface area contributed by atoms with Gasteiger partial charge in [-0.1, -0.05) is 23.7 Å². The summed E-state index contributed by atoms with van der Waals surface area (Å²) in [5, 5.41) is 11.0. The van der Waals surface area contributed by atoms with E-state index in [1.54, 1.807) is 39.5 Å². The average Bonchev–Trinajstić information content (AvgIpc) is 2.59. The zero-order chi connectivity index (χ0) is 16.8. The van der Waals surface area contributed by atoms with E-state index in [4.69, 9.17) is 25.8 Å². The molecule has 0 amide bonds. The molecule has 0 radical (unpaired) electrons. The first-order valence-corrected chi connectivity index (χ1v) is 7.69. The highest BCUT2D eigenvalue weighted by Gasteiger charge is 2.14. The van der Waals surface area contributed by atoms with E-state index in [0.717, 1.165) is 11.1 Å². The van der Waals surface area contributed by atoms with Crippen molar-refractivity contribution in [3.63, 3.8) is 0 Å². The molecule has 124 valence electrons. The average molecular weight is 337 g/mol. The maximum atomic E-state index is 10.3. The van der Waals surface area contributed by atoms with Crippen molar-refractivity contribution in [2.24, 2.45) is 0 Å². The Kier molecular flexibility index (Phi) is 6.13. The summed E-state index contributed by atoms with van der Waals surface area (Å²) in [4.78, 5) is 0. The second-order valence-electron chi connectivity index (χ2n) is 5.13. The number of aryl methyl sites for hydroxylation is 1. The van der Waals surface area contributed by atoms with Crippen LogP contribution in [0.25, 0.3) is 0 Å². The SMILES string of the molecule is COc1cc(OC)c(OC)cc1CCC(O)c1ccc(Cl)cc1. The van der Waals surface area contributed by atoms with Gasteiger partial charge in [0.05, 0.1) is 27.4 Å². The number of hydrogen-bond donors (Lipinski definition) is 1. The molecule has 4 nitrogen and oxygen atoms in total. The van der Waals surface area contributed by atoms with Gasteiger partial charge in [-0.15, -0.1) is 0 Å². The molecule has 2 aromatic rings. The van der Waals surface area contributed by atoms with Crippen LogP contribution in [-0.2, 0) is 6.42 Å². The van der Waals surface area contributed by atoms with Crippen LogP contribution in [0.5, 0.6) is 17.2 Å². The molecule has 2 rings (SSSR count). The fourth-order valence-corrected chi connectivity index (χ4v) is 2.56. The second kappa shape index (κ2) is 8.09. The van der Waals surface area contributed by atoms with Crippen LogP contribution in [-0.4, -0.2) is 26.4 Å². The minimum absolute atomic E-state index is 0.563. The Balaban J connectivity index is 2.14. The zero-order valence-electron chi connectivity index (χ0n) is 13.5. The van der Waals surface area contributed by atoms with Crippen LogP contribution in [0.2, 0.25) is 5.02 Å². The van der Waals surface area contributed by atoms with Crippen molar-refractivity contribution < 1.29 is 19.3 Å². The summed E-state index contributed by atoms with van der Waals surface area (Å²) in [6, 6.07) is 10.9. The molecule has 2 aromatic carbocycles. The molecule has 0 aromatic heterocycles. The summed E-state index contributed by atoms with van der Waals surface area (Å²) in [6.07, 6.45) is 0.644. The third-order valence-electron chi connectivity index (χ3n) is 3.73. The van der Waals surface area contributed by atoms with Gasteiger partial charge in [0.2, 0.25) is 0 Å². The molecule has 0 aliphatic heterocycles. The van der Waals surface area contributed by atoms with Gasteiger partial charge in [-0.3, -0.25) is 0 Å². The quantitative estimate of drug-likeness (QED) is 0.829. The minimum Gasteiger partial charge on any atom is -0.496 e. The summed E-state index contributed by atoms with van der Waals surface area (Å²) >= 11 is 5.87. The number of aliphatic hydroxyl groups excluding tert-OH is 1. The Hall–Kier alpha value is -1.91. The largest absolute Gasteiger partial charge is 0.496 e. The summed E-state index contributed by atoms with van der Waals surface area (Å²) in [5.74, 6) is 1.97. The highest BCUT2D eigenvalue weighted by atomic mass is 35.5. The van der Waals surface area contributed by atoms with E-state index >= 15 is 0 Å². The van der Waals surface area contributed by atoms with E-state index < -0.39 is 6.10 Å². The Morgan fingerprint density at radius 3 is 2.04 bits per heavy atom. The van der Waals surface area contributed by atoms with Gasteiger partial charge in [0.15, 0.2) is 11.5 Å². The molecular formula is C18H21ClO4. The lowest BCUT2D eigenvalue weighted by molar-refractivity contribution is 0.167. The third-order valence-corrected chi connectivity index (χ3v) is 3.98. The molecule has 1 atom stereocenters. The molecule has 23 heavy (non-hydrogen) atoms. The Morgan fingerprint density at radius 2 is 1.48 bits per heavy atom. The molecule has 0 fully saturated rings. The summed E-state index contributed by atoms with van der Waals surface area (Å²) in [7, 11) is 4.79. The van der Waals surface area contributed by atoms with Crippen molar-refractivity contribution in [1.82, 2.24) is 0 Å². The predicted molar refractivity (Wildman–Crippen MR) is 90.8 cm³/mol. The van der Waals surface area contributed by atoms with E-state index in [0.29, 0.717) is 35.1 Å². The van der Waals surface area contributed by atoms with Crippen molar-refractivity contribution in [2.45, 2.75) is 18.9 Å². The molecule has 0 aliphatic carbocycles. The molecular weight excluding hydrogens is 316 g/mol. The molecule has 0 saturated carbocycles. The number of ether oxygens (including phenoxy) is 3. The first kappa shape index (κ1) is 17.4. The zero-order valence-corrected chi connectivity index (χ0v) is 14.3. The smallest absolute Gasteiger partial charge is 0.164 e. The van der Waals surface area contributed by atoms with Crippen LogP contribution >= 0.6 is 11.6 Å². The molecule has 0 bridgehead atoms. The van der Waals surface area contributed by atoms with Crippen LogP contribution in [0, 0.1) is 0 Å². The summed E-state index contributed by atoms with van der Waals surface area (Å²) in [6.45, 7) is 0. The van der Waals surface area contributed by atoms with Crippen molar-refractivity contribution in [3.8, 4) is 17.2 Å². The van der Waals surface area contributed by atoms with Crippen molar-refractivity contribution in [1.29, 1.82) is 0 Å². The Bertz CT molecular complexity index is 640. The maximum absolute atomic E-state index is 10.3. The number of methoxy groups -OCH3 is 3. The molecule has 5 heteroatoms. The first-order chi connectivity index (χ1) is 11.1. The molecule has 1 unspecified atom stereocenters. The van der Waals surface area contributed by atoms with Crippen molar-refractivity contribution >= 4 is 11.6 Å². The van der Waals surface area contributed by atoms with Gasteiger partial charge in [-0.25, -0.2) is 0 Å². The Labute approximate surface area is 141 Å². The number of rotatable bonds is 7. The van der Waals surface area contributed by atoms with Gasteiger partial charge in [0.1, 0.15) is 5.75 Å². The molecule has 0 heterocycles. The van der Waals surface area contributed by atoms with Gasteiger partial charge >= 0.3 is 0 Å². The van der Waals surface area contributed by atoms with Crippen molar-refractivity contribution in [3.05, 3.63) is 52.5 Å². The normalized spacial score (nSPS) is 11.9. The van der Waals surface area contributed by atoms with Crippen LogP contribution in [0.15, 0.2) is 36.4 Å². The molecule has 0 spiro atoms. The molecule has 0 saturated heterocycles. The fourth-order valence-electron chi connectivity index (χ4n) is 2.43. The lowest BCUT2D eigenvalue weighted by atomic mass is 10.0. The van der Waals surface area contributed by atoms with E-state index in [-0.39, 0.29) is 0 Å². The third kappa shape index (κ3) is 4.30. The van der Waals surface area contributed by atoms with E-state index in [1.165, 1.54) is 0 Å². The number of halogens is 1. The van der Waals surface area contributed by atoms with Crippen LogP contribution in [0.4, 0.5) is 0 Å². The summed E-state index contributed by atoms with van der Waals surface area (Å²) in [5.41, 5.74) is 1.80. The van der Waals surface area contributed by atoms with Gasteiger partial charge in [-0.2, -0.15) is 0 Å². The maximum Gasteiger partial charge on any atom is 0.164 e. The van der Waals surface area contributed by atoms with Crippen molar-refractivity contribution in [2.75, 3.05) is 21.3 Å². The second-order valence-corrected chi connectivity index (χ2v) is 5.56.